The maximum absolute atomic E-state index is 12.3. The molecule has 1 N–H and O–H groups in total. The predicted octanol–water partition coefficient (Wildman–Crippen LogP) is 1.69. The molecule has 1 amide bonds. The van der Waals surface area contributed by atoms with Crippen molar-refractivity contribution < 1.29 is 14.3 Å². The number of aryl methyl sites for hydroxylation is 1. The lowest BCUT2D eigenvalue weighted by molar-refractivity contribution is 0.102. The lowest BCUT2D eigenvalue weighted by Gasteiger charge is -2.11. The molecule has 0 radical (unpaired) electrons. The first kappa shape index (κ1) is 12.9. The fourth-order valence-electron chi connectivity index (χ4n) is 1.74. The van der Waals surface area contributed by atoms with E-state index in [9.17, 15) is 4.79 Å². The molecule has 1 heterocycles. The minimum atomic E-state index is -0.326. The van der Waals surface area contributed by atoms with E-state index in [4.69, 9.17) is 9.47 Å². The number of hydrogen-bond donors (Lipinski definition) is 1. The van der Waals surface area contributed by atoms with Crippen molar-refractivity contribution in [1.82, 2.24) is 9.78 Å². The van der Waals surface area contributed by atoms with Crippen molar-refractivity contribution in [2.45, 2.75) is 0 Å². The zero-order valence-electron chi connectivity index (χ0n) is 11.0. The van der Waals surface area contributed by atoms with Gasteiger partial charge in [0, 0.05) is 19.3 Å². The Labute approximate surface area is 110 Å². The summed E-state index contributed by atoms with van der Waals surface area (Å²) in [5.74, 6) is 1.05. The number of rotatable bonds is 4. The number of methoxy groups -OCH3 is 2. The van der Waals surface area contributed by atoms with E-state index in [-0.39, 0.29) is 5.91 Å². The second-order valence-corrected chi connectivity index (χ2v) is 3.87. The van der Waals surface area contributed by atoms with E-state index in [1.165, 1.54) is 14.2 Å². The van der Waals surface area contributed by atoms with E-state index in [2.05, 4.69) is 10.4 Å². The number of anilines is 1. The van der Waals surface area contributed by atoms with Crippen molar-refractivity contribution in [1.29, 1.82) is 0 Å². The van der Waals surface area contributed by atoms with Gasteiger partial charge in [0.25, 0.3) is 5.91 Å². The highest BCUT2D eigenvalue weighted by atomic mass is 16.5. The average molecular weight is 261 g/mol. The molecule has 0 spiro atoms. The van der Waals surface area contributed by atoms with Crippen molar-refractivity contribution in [3.63, 3.8) is 0 Å². The van der Waals surface area contributed by atoms with Crippen LogP contribution in [0.3, 0.4) is 0 Å². The number of benzene rings is 1. The Balaban J connectivity index is 2.32. The molecule has 0 saturated heterocycles. The van der Waals surface area contributed by atoms with Gasteiger partial charge in [-0.3, -0.25) is 9.48 Å². The monoisotopic (exact) mass is 261 g/mol. The van der Waals surface area contributed by atoms with Gasteiger partial charge < -0.3 is 14.8 Å². The lowest BCUT2D eigenvalue weighted by Crippen LogP contribution is -2.15. The topological polar surface area (TPSA) is 65.4 Å². The summed E-state index contributed by atoms with van der Waals surface area (Å²) in [4.78, 5) is 12.3. The summed E-state index contributed by atoms with van der Waals surface area (Å²) in [5.41, 5.74) is 0.346. The third kappa shape index (κ3) is 2.67. The molecule has 1 aromatic carbocycles. The molecule has 19 heavy (non-hydrogen) atoms. The van der Waals surface area contributed by atoms with E-state index in [1.807, 2.05) is 0 Å². The lowest BCUT2D eigenvalue weighted by atomic mass is 10.1. The standard InChI is InChI=1S/C13H15N3O3/c1-16-8-7-11(15-16)14-13(17)12-9(18-2)5-4-6-10(12)19-3/h4-8H,1-3H3,(H,14,15,17). The molecule has 2 rings (SSSR count). The number of carbonyl (C=O) groups is 1. The van der Waals surface area contributed by atoms with Crippen LogP contribution in [0.5, 0.6) is 11.5 Å². The summed E-state index contributed by atoms with van der Waals surface area (Å²) in [6.45, 7) is 0. The molecule has 6 heteroatoms. The molecular weight excluding hydrogens is 246 g/mol. The highest BCUT2D eigenvalue weighted by molar-refractivity contribution is 6.07. The Morgan fingerprint density at radius 3 is 2.32 bits per heavy atom. The second-order valence-electron chi connectivity index (χ2n) is 3.87. The smallest absolute Gasteiger partial charge is 0.264 e. The Bertz CT molecular complexity index is 570. The first-order chi connectivity index (χ1) is 9.15. The van der Waals surface area contributed by atoms with Crippen LogP contribution < -0.4 is 14.8 Å². The maximum atomic E-state index is 12.3. The number of ether oxygens (including phenoxy) is 2. The number of carbonyl (C=O) groups excluding carboxylic acids is 1. The van der Waals surface area contributed by atoms with E-state index in [0.29, 0.717) is 22.9 Å². The van der Waals surface area contributed by atoms with Crippen molar-refractivity contribution >= 4 is 11.7 Å². The normalized spacial score (nSPS) is 10.1. The van der Waals surface area contributed by atoms with Crippen LogP contribution >= 0.6 is 0 Å². The molecule has 6 nitrogen and oxygen atoms in total. The summed E-state index contributed by atoms with van der Waals surface area (Å²) in [5, 5.41) is 6.79. The zero-order valence-corrected chi connectivity index (χ0v) is 11.0. The number of nitrogens with one attached hydrogen (secondary N) is 1. The minimum Gasteiger partial charge on any atom is -0.496 e. The predicted molar refractivity (Wildman–Crippen MR) is 70.7 cm³/mol. The van der Waals surface area contributed by atoms with Crippen LogP contribution in [0.25, 0.3) is 0 Å². The van der Waals surface area contributed by atoms with Gasteiger partial charge in [0.2, 0.25) is 0 Å². The van der Waals surface area contributed by atoms with Crippen LogP contribution in [-0.2, 0) is 7.05 Å². The summed E-state index contributed by atoms with van der Waals surface area (Å²) >= 11 is 0. The van der Waals surface area contributed by atoms with E-state index in [1.54, 1.807) is 42.2 Å². The molecule has 0 fully saturated rings. The van der Waals surface area contributed by atoms with Gasteiger partial charge in [0.05, 0.1) is 14.2 Å². The molecular formula is C13H15N3O3. The van der Waals surface area contributed by atoms with Crippen molar-refractivity contribution in [3.8, 4) is 11.5 Å². The van der Waals surface area contributed by atoms with Gasteiger partial charge in [0.15, 0.2) is 5.82 Å². The Kier molecular flexibility index (Phi) is 3.70. The van der Waals surface area contributed by atoms with Gasteiger partial charge in [-0.05, 0) is 12.1 Å². The first-order valence-electron chi connectivity index (χ1n) is 5.67. The summed E-state index contributed by atoms with van der Waals surface area (Å²) < 4.78 is 12.0. The fraction of sp³-hybridized carbons (Fsp3) is 0.231. The third-order valence-corrected chi connectivity index (χ3v) is 2.61. The van der Waals surface area contributed by atoms with Gasteiger partial charge >= 0.3 is 0 Å². The summed E-state index contributed by atoms with van der Waals surface area (Å²) in [6.07, 6.45) is 1.75. The highest BCUT2D eigenvalue weighted by Gasteiger charge is 2.18. The molecule has 0 bridgehead atoms. The largest absolute Gasteiger partial charge is 0.496 e. The van der Waals surface area contributed by atoms with Crippen LogP contribution in [-0.4, -0.2) is 29.9 Å². The molecule has 100 valence electrons. The molecule has 1 aromatic heterocycles. The van der Waals surface area contributed by atoms with Crippen molar-refractivity contribution in [2.75, 3.05) is 19.5 Å². The number of nitrogens with zero attached hydrogens (tertiary/aromatic N) is 2. The molecule has 0 unspecified atom stereocenters. The number of aromatic nitrogens is 2. The average Bonchev–Trinajstić information content (AvgIpc) is 2.82. The molecule has 0 saturated carbocycles. The van der Waals surface area contributed by atoms with Gasteiger partial charge in [-0.15, -0.1) is 0 Å². The van der Waals surface area contributed by atoms with Crippen LogP contribution in [0.1, 0.15) is 10.4 Å². The van der Waals surface area contributed by atoms with E-state index >= 15 is 0 Å². The zero-order chi connectivity index (χ0) is 13.8. The Morgan fingerprint density at radius 2 is 1.84 bits per heavy atom. The van der Waals surface area contributed by atoms with Crippen LogP contribution in [0.2, 0.25) is 0 Å². The van der Waals surface area contributed by atoms with E-state index < -0.39 is 0 Å². The van der Waals surface area contributed by atoms with Crippen LogP contribution in [0.15, 0.2) is 30.5 Å². The molecule has 0 aliphatic heterocycles. The Hall–Kier alpha value is -2.50. The SMILES string of the molecule is COc1cccc(OC)c1C(=O)Nc1ccn(C)n1. The van der Waals surface area contributed by atoms with E-state index in [0.717, 1.165) is 0 Å². The quantitative estimate of drug-likeness (QED) is 0.909. The van der Waals surface area contributed by atoms with Gasteiger partial charge in [-0.2, -0.15) is 5.10 Å². The third-order valence-electron chi connectivity index (χ3n) is 2.61. The summed E-state index contributed by atoms with van der Waals surface area (Å²) in [6, 6.07) is 6.88. The van der Waals surface area contributed by atoms with Crippen LogP contribution in [0, 0.1) is 0 Å². The van der Waals surface area contributed by atoms with Crippen molar-refractivity contribution in [3.05, 3.63) is 36.0 Å². The number of amides is 1. The van der Waals surface area contributed by atoms with Crippen molar-refractivity contribution in [2.24, 2.45) is 7.05 Å². The fourth-order valence-corrected chi connectivity index (χ4v) is 1.74. The molecule has 0 aliphatic rings. The molecule has 0 atom stereocenters. The minimum absolute atomic E-state index is 0.326. The van der Waals surface area contributed by atoms with Gasteiger partial charge in [-0.25, -0.2) is 0 Å². The Morgan fingerprint density at radius 1 is 1.21 bits per heavy atom. The highest BCUT2D eigenvalue weighted by Crippen LogP contribution is 2.28. The second kappa shape index (κ2) is 5.43. The van der Waals surface area contributed by atoms with Gasteiger partial charge in [-0.1, -0.05) is 6.07 Å². The summed E-state index contributed by atoms with van der Waals surface area (Å²) in [7, 11) is 4.79. The van der Waals surface area contributed by atoms with Crippen LogP contribution in [0.4, 0.5) is 5.82 Å². The van der Waals surface area contributed by atoms with Gasteiger partial charge in [0.1, 0.15) is 17.1 Å². The molecule has 0 aliphatic carbocycles. The first-order valence-corrected chi connectivity index (χ1v) is 5.67. The number of hydrogen-bond acceptors (Lipinski definition) is 4. The maximum Gasteiger partial charge on any atom is 0.264 e. The molecule has 2 aromatic rings.